The van der Waals surface area contributed by atoms with Gasteiger partial charge >= 0.3 is 0 Å². The molecule has 0 radical (unpaired) electrons. The molecular formula is C35H68N2. The van der Waals surface area contributed by atoms with Crippen LogP contribution in [0, 0.1) is 0 Å². The first-order valence-electron chi connectivity index (χ1n) is 17.3. The monoisotopic (exact) mass is 517 g/mol. The molecule has 0 saturated heterocycles. The lowest BCUT2D eigenvalue weighted by Gasteiger charge is -2.22. The highest BCUT2D eigenvalue weighted by molar-refractivity contribution is 5.02. The number of aromatic nitrogens is 2. The van der Waals surface area contributed by atoms with Crippen LogP contribution < -0.4 is 0 Å². The van der Waals surface area contributed by atoms with E-state index in [1.807, 2.05) is 0 Å². The standard InChI is InChI=1S/C35H68N2/c1-5-8-11-13-15-17-18-19-20-22-24-27-30-34(29-26-23-21-16-14-12-9-6-2)35-36-31-32-37(35)33(4)28-25-10-7-3/h31-34H,5-30H2,1-4H3. The van der Waals surface area contributed by atoms with Crippen LogP contribution in [0.2, 0.25) is 0 Å². The Morgan fingerprint density at radius 1 is 0.514 bits per heavy atom. The van der Waals surface area contributed by atoms with Crippen molar-refractivity contribution >= 4 is 0 Å². The lowest BCUT2D eigenvalue weighted by atomic mass is 9.92. The number of nitrogens with zero attached hydrogens (tertiary/aromatic N) is 2. The smallest absolute Gasteiger partial charge is 0.111 e. The predicted octanol–water partition coefficient (Wildman–Crippen LogP) is 12.7. The Hall–Kier alpha value is -0.790. The van der Waals surface area contributed by atoms with Crippen LogP contribution in [-0.4, -0.2) is 9.55 Å². The van der Waals surface area contributed by atoms with E-state index >= 15 is 0 Å². The molecule has 0 saturated carbocycles. The van der Waals surface area contributed by atoms with Crippen LogP contribution in [0.3, 0.4) is 0 Å². The van der Waals surface area contributed by atoms with Gasteiger partial charge in [-0.2, -0.15) is 0 Å². The Kier molecular flexibility index (Phi) is 23.6. The van der Waals surface area contributed by atoms with Crippen LogP contribution in [-0.2, 0) is 0 Å². The van der Waals surface area contributed by atoms with Gasteiger partial charge in [0.25, 0.3) is 0 Å². The molecule has 0 N–H and O–H groups in total. The Morgan fingerprint density at radius 3 is 1.30 bits per heavy atom. The first-order valence-corrected chi connectivity index (χ1v) is 17.3. The maximum absolute atomic E-state index is 4.95. The third-order valence-corrected chi connectivity index (χ3v) is 8.58. The van der Waals surface area contributed by atoms with Crippen molar-refractivity contribution in [1.82, 2.24) is 9.55 Å². The summed E-state index contributed by atoms with van der Waals surface area (Å²) in [5.74, 6) is 2.06. The van der Waals surface area contributed by atoms with Gasteiger partial charge in [-0.05, 0) is 26.2 Å². The van der Waals surface area contributed by atoms with E-state index < -0.39 is 0 Å². The third-order valence-electron chi connectivity index (χ3n) is 8.58. The average molecular weight is 517 g/mol. The van der Waals surface area contributed by atoms with E-state index in [1.165, 1.54) is 173 Å². The number of hydrogen-bond acceptors (Lipinski definition) is 1. The predicted molar refractivity (Wildman–Crippen MR) is 167 cm³/mol. The van der Waals surface area contributed by atoms with Gasteiger partial charge in [-0.25, -0.2) is 4.98 Å². The highest BCUT2D eigenvalue weighted by Crippen LogP contribution is 2.30. The summed E-state index contributed by atoms with van der Waals surface area (Å²) in [5, 5.41) is 0. The minimum absolute atomic E-state index is 0.590. The zero-order valence-electron chi connectivity index (χ0n) is 26.1. The third kappa shape index (κ3) is 18.2. The normalized spacial score (nSPS) is 13.3. The minimum atomic E-state index is 0.590. The number of imidazole rings is 1. The summed E-state index contributed by atoms with van der Waals surface area (Å²) in [6.07, 6.45) is 40.8. The fraction of sp³-hybridized carbons (Fsp3) is 0.914. The average Bonchev–Trinajstić information content (AvgIpc) is 3.39. The zero-order valence-corrected chi connectivity index (χ0v) is 26.1. The van der Waals surface area contributed by atoms with Crippen molar-refractivity contribution in [3.63, 3.8) is 0 Å². The molecule has 37 heavy (non-hydrogen) atoms. The summed E-state index contributed by atoms with van der Waals surface area (Å²) in [4.78, 5) is 4.95. The first kappa shape index (κ1) is 34.2. The second kappa shape index (κ2) is 25.5. The molecule has 2 heteroatoms. The van der Waals surface area contributed by atoms with E-state index in [9.17, 15) is 0 Å². The van der Waals surface area contributed by atoms with Gasteiger partial charge in [-0.15, -0.1) is 0 Å². The lowest BCUT2D eigenvalue weighted by Crippen LogP contribution is -2.13. The molecule has 2 nitrogen and oxygen atoms in total. The molecule has 1 rings (SSSR count). The molecule has 0 aliphatic rings. The second-order valence-electron chi connectivity index (χ2n) is 12.2. The summed E-state index contributed by atoms with van der Waals surface area (Å²) < 4.78 is 2.55. The minimum Gasteiger partial charge on any atom is -0.332 e. The van der Waals surface area contributed by atoms with Gasteiger partial charge in [0.1, 0.15) is 5.82 Å². The maximum atomic E-state index is 4.95. The molecule has 0 aliphatic heterocycles. The van der Waals surface area contributed by atoms with Crippen molar-refractivity contribution in [2.24, 2.45) is 0 Å². The van der Waals surface area contributed by atoms with E-state index in [4.69, 9.17) is 4.98 Å². The van der Waals surface area contributed by atoms with Crippen molar-refractivity contribution in [3.8, 4) is 0 Å². The summed E-state index contributed by atoms with van der Waals surface area (Å²) in [6.45, 7) is 9.34. The van der Waals surface area contributed by atoms with Crippen LogP contribution >= 0.6 is 0 Å². The zero-order chi connectivity index (χ0) is 26.8. The van der Waals surface area contributed by atoms with Crippen LogP contribution in [0.25, 0.3) is 0 Å². The molecule has 1 aromatic rings. The summed E-state index contributed by atoms with van der Waals surface area (Å²) in [7, 11) is 0. The quantitative estimate of drug-likeness (QED) is 0.101. The Morgan fingerprint density at radius 2 is 0.865 bits per heavy atom. The molecule has 0 fully saturated rings. The van der Waals surface area contributed by atoms with Gasteiger partial charge < -0.3 is 4.57 Å². The highest BCUT2D eigenvalue weighted by Gasteiger charge is 2.19. The van der Waals surface area contributed by atoms with Crippen LogP contribution in [0.15, 0.2) is 12.4 Å². The molecule has 0 bridgehead atoms. The fourth-order valence-corrected chi connectivity index (χ4v) is 6.00. The van der Waals surface area contributed by atoms with Crippen molar-refractivity contribution in [3.05, 3.63) is 18.2 Å². The van der Waals surface area contributed by atoms with Crippen molar-refractivity contribution in [2.75, 3.05) is 0 Å². The highest BCUT2D eigenvalue weighted by atomic mass is 15.1. The SMILES string of the molecule is CCCCCCCCCCCCCCC(CCCCCCCCCC)c1nccn1C(C)CCCCC. The molecule has 0 spiro atoms. The van der Waals surface area contributed by atoms with E-state index in [0.29, 0.717) is 12.0 Å². The van der Waals surface area contributed by atoms with E-state index in [0.717, 1.165) is 0 Å². The molecule has 2 unspecified atom stereocenters. The van der Waals surface area contributed by atoms with Crippen molar-refractivity contribution in [1.29, 1.82) is 0 Å². The summed E-state index contributed by atoms with van der Waals surface area (Å²) in [5.41, 5.74) is 0. The second-order valence-corrected chi connectivity index (χ2v) is 12.2. The Bertz CT molecular complexity index is 578. The summed E-state index contributed by atoms with van der Waals surface area (Å²) in [6, 6.07) is 0.590. The molecular weight excluding hydrogens is 448 g/mol. The summed E-state index contributed by atoms with van der Waals surface area (Å²) >= 11 is 0. The van der Waals surface area contributed by atoms with Crippen molar-refractivity contribution in [2.45, 2.75) is 207 Å². The molecule has 1 aromatic heterocycles. The number of unbranched alkanes of at least 4 members (excludes halogenated alkanes) is 20. The molecule has 218 valence electrons. The van der Waals surface area contributed by atoms with E-state index in [1.54, 1.807) is 0 Å². The van der Waals surface area contributed by atoms with Crippen LogP contribution in [0.4, 0.5) is 0 Å². The molecule has 0 amide bonds. The van der Waals surface area contributed by atoms with Gasteiger partial charge in [0.2, 0.25) is 0 Å². The van der Waals surface area contributed by atoms with Crippen LogP contribution in [0.5, 0.6) is 0 Å². The Labute approximate surface area is 234 Å². The first-order chi connectivity index (χ1) is 18.2. The van der Waals surface area contributed by atoms with E-state index in [2.05, 4.69) is 44.7 Å². The lowest BCUT2D eigenvalue weighted by molar-refractivity contribution is 0.414. The molecule has 0 aliphatic carbocycles. The maximum Gasteiger partial charge on any atom is 0.111 e. The fourth-order valence-electron chi connectivity index (χ4n) is 6.00. The molecule has 1 heterocycles. The topological polar surface area (TPSA) is 17.8 Å². The van der Waals surface area contributed by atoms with Gasteiger partial charge in [-0.3, -0.25) is 0 Å². The number of hydrogen-bond donors (Lipinski definition) is 0. The Balaban J connectivity index is 2.39. The molecule has 0 aromatic carbocycles. The van der Waals surface area contributed by atoms with Crippen LogP contribution in [0.1, 0.15) is 212 Å². The van der Waals surface area contributed by atoms with Gasteiger partial charge in [-0.1, -0.05) is 168 Å². The van der Waals surface area contributed by atoms with Gasteiger partial charge in [0.15, 0.2) is 0 Å². The van der Waals surface area contributed by atoms with E-state index in [-0.39, 0.29) is 0 Å². The van der Waals surface area contributed by atoms with Gasteiger partial charge in [0.05, 0.1) is 0 Å². The number of rotatable bonds is 28. The molecule has 2 atom stereocenters. The largest absolute Gasteiger partial charge is 0.332 e. The van der Waals surface area contributed by atoms with Crippen molar-refractivity contribution < 1.29 is 0 Å². The van der Waals surface area contributed by atoms with Gasteiger partial charge in [0, 0.05) is 24.4 Å².